The molecule has 29 heavy (non-hydrogen) atoms. The lowest BCUT2D eigenvalue weighted by Gasteiger charge is -2.11. The minimum atomic E-state index is -0.474. The number of aromatic nitrogens is 1. The van der Waals surface area contributed by atoms with E-state index in [1.165, 1.54) is 0 Å². The first kappa shape index (κ1) is 19.8. The smallest absolute Gasteiger partial charge is 0.266 e. The molecule has 0 saturated carbocycles. The van der Waals surface area contributed by atoms with Gasteiger partial charge in [0.2, 0.25) is 0 Å². The first-order valence-electron chi connectivity index (χ1n) is 8.95. The zero-order valence-electron chi connectivity index (χ0n) is 16.5. The molecule has 1 heterocycles. The van der Waals surface area contributed by atoms with Crippen LogP contribution in [0.2, 0.25) is 0 Å². The summed E-state index contributed by atoms with van der Waals surface area (Å²) in [5, 5.41) is 12.3. The van der Waals surface area contributed by atoms with E-state index in [0.29, 0.717) is 11.4 Å². The second-order valence-corrected chi connectivity index (χ2v) is 6.29. The average molecular weight is 387 g/mol. The van der Waals surface area contributed by atoms with E-state index in [-0.39, 0.29) is 5.57 Å². The molecule has 1 amide bonds. The van der Waals surface area contributed by atoms with E-state index >= 15 is 0 Å². The molecule has 146 valence electrons. The monoisotopic (exact) mass is 387 g/mol. The quantitative estimate of drug-likeness (QED) is 0.504. The van der Waals surface area contributed by atoms with Gasteiger partial charge in [-0.2, -0.15) is 5.26 Å². The summed E-state index contributed by atoms with van der Waals surface area (Å²) in [5.74, 6) is 0.969. The van der Waals surface area contributed by atoms with Crippen LogP contribution >= 0.6 is 0 Å². The number of nitriles is 1. The number of anilines is 1. The molecule has 0 aliphatic heterocycles. The number of nitrogens with one attached hydrogen (secondary N) is 1. The molecule has 0 spiro atoms. The van der Waals surface area contributed by atoms with Crippen molar-refractivity contribution < 1.29 is 14.3 Å². The van der Waals surface area contributed by atoms with Gasteiger partial charge >= 0.3 is 0 Å². The molecule has 6 heteroatoms. The summed E-state index contributed by atoms with van der Waals surface area (Å²) >= 11 is 0. The number of amides is 1. The van der Waals surface area contributed by atoms with Crippen LogP contribution in [0.1, 0.15) is 11.4 Å². The lowest BCUT2D eigenvalue weighted by Crippen LogP contribution is -2.13. The van der Waals surface area contributed by atoms with Crippen molar-refractivity contribution in [3.63, 3.8) is 0 Å². The van der Waals surface area contributed by atoms with Crippen molar-refractivity contribution in [1.82, 2.24) is 4.57 Å². The van der Waals surface area contributed by atoms with Crippen LogP contribution in [0.5, 0.6) is 11.5 Å². The van der Waals surface area contributed by atoms with Gasteiger partial charge in [-0.05, 0) is 73.7 Å². The minimum Gasteiger partial charge on any atom is -0.497 e. The molecule has 0 unspecified atom stereocenters. The van der Waals surface area contributed by atoms with Crippen LogP contribution in [0, 0.1) is 18.3 Å². The normalized spacial score (nSPS) is 10.9. The number of nitrogens with zero attached hydrogens (tertiary/aromatic N) is 2. The zero-order chi connectivity index (χ0) is 20.8. The molecular formula is C23H21N3O3. The van der Waals surface area contributed by atoms with E-state index in [2.05, 4.69) is 5.32 Å². The Labute approximate surface area is 169 Å². The van der Waals surface area contributed by atoms with Crippen molar-refractivity contribution in [3.05, 3.63) is 77.6 Å². The lowest BCUT2D eigenvalue weighted by atomic mass is 10.2. The van der Waals surface area contributed by atoms with Gasteiger partial charge in [0, 0.05) is 22.8 Å². The van der Waals surface area contributed by atoms with Crippen molar-refractivity contribution in [1.29, 1.82) is 5.26 Å². The molecule has 6 nitrogen and oxygen atoms in total. The maximum Gasteiger partial charge on any atom is 0.266 e. The van der Waals surface area contributed by atoms with Crippen LogP contribution in [0.3, 0.4) is 0 Å². The maximum atomic E-state index is 12.6. The first-order chi connectivity index (χ1) is 14.0. The average Bonchev–Trinajstić information content (AvgIpc) is 3.12. The number of hydrogen-bond acceptors (Lipinski definition) is 4. The number of carbonyl (C=O) groups is 1. The summed E-state index contributed by atoms with van der Waals surface area (Å²) in [6.45, 7) is 1.96. The fourth-order valence-electron chi connectivity index (χ4n) is 2.92. The van der Waals surface area contributed by atoms with Crippen LogP contribution < -0.4 is 14.8 Å². The summed E-state index contributed by atoms with van der Waals surface area (Å²) in [6, 6.07) is 20.3. The van der Waals surface area contributed by atoms with Crippen LogP contribution in [0.15, 0.2) is 66.2 Å². The highest BCUT2D eigenvalue weighted by Crippen LogP contribution is 2.22. The molecule has 0 aliphatic rings. The molecular weight excluding hydrogens is 366 g/mol. The fraction of sp³-hybridized carbons (Fsp3) is 0.130. The first-order valence-corrected chi connectivity index (χ1v) is 8.95. The standard InChI is InChI=1S/C23H21N3O3/c1-16-4-7-20(26(16)19-8-12-22(29-3)13-9-19)14-17(15-24)23(27)25-18-5-10-21(28-2)11-6-18/h4-14H,1-3H3,(H,25,27)/b17-14-. The molecule has 2 aromatic carbocycles. The van der Waals surface area contributed by atoms with E-state index < -0.39 is 5.91 Å². The Morgan fingerprint density at radius 3 is 2.10 bits per heavy atom. The van der Waals surface area contributed by atoms with Crippen LogP contribution in [-0.2, 0) is 4.79 Å². The third-order valence-electron chi connectivity index (χ3n) is 4.44. The highest BCUT2D eigenvalue weighted by molar-refractivity contribution is 6.09. The molecule has 1 N–H and O–H groups in total. The van der Waals surface area contributed by atoms with Crippen molar-refractivity contribution >= 4 is 17.7 Å². The number of methoxy groups -OCH3 is 2. The summed E-state index contributed by atoms with van der Waals surface area (Å²) in [5.41, 5.74) is 3.21. The Hall–Kier alpha value is -3.98. The Morgan fingerprint density at radius 1 is 0.966 bits per heavy atom. The second-order valence-electron chi connectivity index (χ2n) is 6.29. The van der Waals surface area contributed by atoms with Gasteiger partial charge in [0.25, 0.3) is 5.91 Å². The van der Waals surface area contributed by atoms with Crippen molar-refractivity contribution in [2.24, 2.45) is 0 Å². The minimum absolute atomic E-state index is 0.00804. The van der Waals surface area contributed by atoms with E-state index in [1.807, 2.05) is 54.0 Å². The number of aryl methyl sites for hydroxylation is 1. The molecule has 0 radical (unpaired) electrons. The van der Waals surface area contributed by atoms with Gasteiger partial charge in [-0.3, -0.25) is 4.79 Å². The molecule has 0 saturated heterocycles. The number of rotatable bonds is 6. The van der Waals surface area contributed by atoms with Gasteiger partial charge in [-0.1, -0.05) is 0 Å². The van der Waals surface area contributed by atoms with Crippen molar-refractivity contribution in [2.45, 2.75) is 6.92 Å². The predicted molar refractivity (Wildman–Crippen MR) is 112 cm³/mol. The topological polar surface area (TPSA) is 76.3 Å². The number of hydrogen-bond donors (Lipinski definition) is 1. The summed E-state index contributed by atoms with van der Waals surface area (Å²) < 4.78 is 12.3. The largest absolute Gasteiger partial charge is 0.497 e. The van der Waals surface area contributed by atoms with Gasteiger partial charge in [-0.15, -0.1) is 0 Å². The highest BCUT2D eigenvalue weighted by atomic mass is 16.5. The number of carbonyl (C=O) groups excluding carboxylic acids is 1. The molecule has 0 fully saturated rings. The van der Waals surface area contributed by atoms with Crippen LogP contribution in [0.4, 0.5) is 5.69 Å². The zero-order valence-corrected chi connectivity index (χ0v) is 16.5. The van der Waals surface area contributed by atoms with Crippen LogP contribution in [-0.4, -0.2) is 24.7 Å². The van der Waals surface area contributed by atoms with E-state index in [1.54, 1.807) is 44.6 Å². The van der Waals surface area contributed by atoms with Gasteiger partial charge in [-0.25, -0.2) is 0 Å². The molecule has 0 aliphatic carbocycles. The third kappa shape index (κ3) is 4.47. The highest BCUT2D eigenvalue weighted by Gasteiger charge is 2.13. The van der Waals surface area contributed by atoms with Gasteiger partial charge in [0.05, 0.1) is 14.2 Å². The fourth-order valence-corrected chi connectivity index (χ4v) is 2.92. The van der Waals surface area contributed by atoms with Crippen molar-refractivity contribution in [3.8, 4) is 23.3 Å². The lowest BCUT2D eigenvalue weighted by molar-refractivity contribution is -0.112. The summed E-state index contributed by atoms with van der Waals surface area (Å²) in [6.07, 6.45) is 1.58. The van der Waals surface area contributed by atoms with Gasteiger partial charge < -0.3 is 19.4 Å². The molecule has 3 rings (SSSR count). The maximum absolute atomic E-state index is 12.6. The SMILES string of the molecule is COc1ccc(NC(=O)/C(C#N)=C\c2ccc(C)n2-c2ccc(OC)cc2)cc1. The van der Waals surface area contributed by atoms with Gasteiger partial charge in [0.15, 0.2) is 0 Å². The van der Waals surface area contributed by atoms with Gasteiger partial charge in [0.1, 0.15) is 23.1 Å². The molecule has 1 aromatic heterocycles. The van der Waals surface area contributed by atoms with Crippen molar-refractivity contribution in [2.75, 3.05) is 19.5 Å². The molecule has 3 aromatic rings. The van der Waals surface area contributed by atoms with E-state index in [9.17, 15) is 10.1 Å². The third-order valence-corrected chi connectivity index (χ3v) is 4.44. The Balaban J connectivity index is 1.88. The molecule has 0 bridgehead atoms. The predicted octanol–water partition coefficient (Wildman–Crippen LogP) is 4.35. The Morgan fingerprint density at radius 2 is 1.55 bits per heavy atom. The summed E-state index contributed by atoms with van der Waals surface area (Å²) in [4.78, 5) is 12.6. The molecule has 0 atom stereocenters. The number of ether oxygens (including phenoxy) is 2. The Bertz CT molecular complexity index is 1070. The number of benzene rings is 2. The Kier molecular flexibility index (Phi) is 6.00. The van der Waals surface area contributed by atoms with Crippen LogP contribution in [0.25, 0.3) is 11.8 Å². The van der Waals surface area contributed by atoms with E-state index in [4.69, 9.17) is 9.47 Å². The summed E-state index contributed by atoms with van der Waals surface area (Å²) in [7, 11) is 3.19. The second kappa shape index (κ2) is 8.81. The van der Waals surface area contributed by atoms with E-state index in [0.717, 1.165) is 22.8 Å².